The van der Waals surface area contributed by atoms with Crippen LogP contribution in [0.2, 0.25) is 5.02 Å². The van der Waals surface area contributed by atoms with Crippen molar-refractivity contribution in [2.75, 3.05) is 0 Å². The summed E-state index contributed by atoms with van der Waals surface area (Å²) in [4.78, 5) is 4.05. The molecule has 0 saturated heterocycles. The molecule has 3 aromatic rings. The molecule has 3 heteroatoms. The van der Waals surface area contributed by atoms with Crippen LogP contribution in [0.4, 0.5) is 5.69 Å². The van der Waals surface area contributed by atoms with Gasteiger partial charge in [-0.25, -0.2) is 0 Å². The molecule has 3 aromatic carbocycles. The van der Waals surface area contributed by atoms with Crippen LogP contribution in [-0.2, 0) is 6.42 Å². The summed E-state index contributed by atoms with van der Waals surface area (Å²) >= 11 is 11.0. The van der Waals surface area contributed by atoms with Gasteiger partial charge in [-0.3, -0.25) is 0 Å². The number of isothiocyanates is 1. The summed E-state index contributed by atoms with van der Waals surface area (Å²) in [5.74, 6) is 0. The van der Waals surface area contributed by atoms with Gasteiger partial charge in [0.05, 0.1) is 15.9 Å². The van der Waals surface area contributed by atoms with E-state index in [-0.39, 0.29) is 0 Å². The maximum Gasteiger partial charge on any atom is 0.0955 e. The molecule has 0 aromatic heterocycles. The zero-order chi connectivity index (χ0) is 18.5. The van der Waals surface area contributed by atoms with Crippen LogP contribution in [0.1, 0.15) is 24.5 Å². The maximum atomic E-state index is 6.35. The molecule has 0 unspecified atom stereocenters. The number of halogens is 1. The van der Waals surface area contributed by atoms with Crippen molar-refractivity contribution >= 4 is 34.7 Å². The Balaban J connectivity index is 1.89. The second-order valence-electron chi connectivity index (χ2n) is 6.35. The van der Waals surface area contributed by atoms with Gasteiger partial charge in [-0.15, -0.1) is 0 Å². The molecule has 0 aliphatic carbocycles. The highest BCUT2D eigenvalue weighted by Gasteiger charge is 2.08. The molecule has 0 atom stereocenters. The Bertz CT molecular complexity index is 929. The van der Waals surface area contributed by atoms with E-state index in [4.69, 9.17) is 11.6 Å². The first-order valence-corrected chi connectivity index (χ1v) is 9.48. The quantitative estimate of drug-likeness (QED) is 0.328. The number of benzene rings is 3. The molecular weight excluding hydrogens is 358 g/mol. The van der Waals surface area contributed by atoms with Crippen molar-refractivity contribution in [2.45, 2.75) is 26.7 Å². The first-order valence-electron chi connectivity index (χ1n) is 8.70. The van der Waals surface area contributed by atoms with Gasteiger partial charge in [-0.2, -0.15) is 4.99 Å². The smallest absolute Gasteiger partial charge is 0.0955 e. The monoisotopic (exact) mass is 377 g/mol. The van der Waals surface area contributed by atoms with Crippen molar-refractivity contribution in [3.8, 4) is 22.3 Å². The molecule has 130 valence electrons. The van der Waals surface area contributed by atoms with Crippen LogP contribution in [-0.4, -0.2) is 5.16 Å². The predicted molar refractivity (Wildman–Crippen MR) is 116 cm³/mol. The van der Waals surface area contributed by atoms with Gasteiger partial charge in [-0.1, -0.05) is 73.5 Å². The average molecular weight is 378 g/mol. The lowest BCUT2D eigenvalue weighted by atomic mass is 9.98. The lowest BCUT2D eigenvalue weighted by molar-refractivity contribution is 0.922. The molecule has 0 heterocycles. The lowest BCUT2D eigenvalue weighted by Crippen LogP contribution is -1.85. The molecule has 0 aliphatic rings. The Labute approximate surface area is 165 Å². The van der Waals surface area contributed by atoms with Crippen LogP contribution >= 0.6 is 23.8 Å². The highest BCUT2D eigenvalue weighted by Crippen LogP contribution is 2.34. The Kier molecular flexibility index (Phi) is 6.00. The summed E-state index contributed by atoms with van der Waals surface area (Å²) in [6.45, 7) is 4.18. The van der Waals surface area contributed by atoms with Gasteiger partial charge in [-0.05, 0) is 71.1 Å². The lowest BCUT2D eigenvalue weighted by Gasteiger charge is -2.09. The fourth-order valence-electron chi connectivity index (χ4n) is 3.10. The molecule has 0 spiro atoms. The van der Waals surface area contributed by atoms with Crippen molar-refractivity contribution in [3.05, 3.63) is 76.8 Å². The first kappa shape index (κ1) is 18.5. The molecule has 26 heavy (non-hydrogen) atoms. The molecule has 0 fully saturated rings. The molecule has 1 nitrogen and oxygen atoms in total. The summed E-state index contributed by atoms with van der Waals surface area (Å²) < 4.78 is 0. The molecule has 0 aliphatic heterocycles. The first-order chi connectivity index (χ1) is 12.6. The van der Waals surface area contributed by atoms with E-state index >= 15 is 0 Å². The van der Waals surface area contributed by atoms with E-state index in [1.807, 2.05) is 13.0 Å². The number of aliphatic imine (C=N–C) groups is 1. The SMILES string of the molecule is CCCc1ccc(-c2ccc(-c3cc(C)c(N=C=S)c(Cl)c3)cc2)cc1. The van der Waals surface area contributed by atoms with E-state index in [1.54, 1.807) is 0 Å². The van der Waals surface area contributed by atoms with Gasteiger partial charge in [0.25, 0.3) is 0 Å². The molecular formula is C23H20ClNS. The topological polar surface area (TPSA) is 12.4 Å². The number of nitrogens with zero attached hydrogens (tertiary/aromatic N) is 1. The normalized spacial score (nSPS) is 10.4. The Morgan fingerprint density at radius 2 is 1.42 bits per heavy atom. The van der Waals surface area contributed by atoms with E-state index in [9.17, 15) is 0 Å². The fourth-order valence-corrected chi connectivity index (χ4v) is 3.50. The minimum absolute atomic E-state index is 0.591. The Morgan fingerprint density at radius 3 is 1.92 bits per heavy atom. The van der Waals surface area contributed by atoms with E-state index in [2.05, 4.69) is 83.9 Å². The van der Waals surface area contributed by atoms with Crippen LogP contribution < -0.4 is 0 Å². The number of aryl methyl sites for hydroxylation is 2. The summed E-state index contributed by atoms with van der Waals surface area (Å²) in [6, 6.07) is 21.4. The van der Waals surface area contributed by atoms with Gasteiger partial charge in [0, 0.05) is 0 Å². The zero-order valence-corrected chi connectivity index (χ0v) is 16.5. The fraction of sp³-hybridized carbons (Fsp3) is 0.174. The third-order valence-electron chi connectivity index (χ3n) is 4.46. The van der Waals surface area contributed by atoms with Gasteiger partial charge in [0.15, 0.2) is 0 Å². The number of hydrogen-bond acceptors (Lipinski definition) is 2. The third kappa shape index (κ3) is 4.11. The number of rotatable bonds is 5. The minimum atomic E-state index is 0.591. The van der Waals surface area contributed by atoms with Crippen molar-refractivity contribution in [3.63, 3.8) is 0 Å². The van der Waals surface area contributed by atoms with Crippen molar-refractivity contribution in [1.82, 2.24) is 0 Å². The van der Waals surface area contributed by atoms with Gasteiger partial charge in [0.1, 0.15) is 0 Å². The standard InChI is InChI=1S/C23H20ClNS/c1-3-4-17-5-7-18(8-6-17)19-9-11-20(12-10-19)21-13-16(2)23(25-15-26)22(24)14-21/h5-14H,3-4H2,1-2H3. The minimum Gasteiger partial charge on any atom is -0.193 e. The zero-order valence-electron chi connectivity index (χ0n) is 14.9. The van der Waals surface area contributed by atoms with Crippen molar-refractivity contribution < 1.29 is 0 Å². The summed E-state index contributed by atoms with van der Waals surface area (Å²) in [7, 11) is 0. The van der Waals surface area contributed by atoms with E-state index in [0.717, 1.165) is 23.1 Å². The summed E-state index contributed by atoms with van der Waals surface area (Å²) in [5.41, 5.74) is 7.70. The molecule has 0 N–H and O–H groups in total. The van der Waals surface area contributed by atoms with Crippen LogP contribution in [0.5, 0.6) is 0 Å². The van der Waals surface area contributed by atoms with Crippen molar-refractivity contribution in [1.29, 1.82) is 0 Å². The Hall–Kier alpha value is -2.25. The highest BCUT2D eigenvalue weighted by atomic mass is 35.5. The van der Waals surface area contributed by atoms with Gasteiger partial charge in [0.2, 0.25) is 0 Å². The number of hydrogen-bond donors (Lipinski definition) is 0. The Morgan fingerprint density at radius 1 is 0.885 bits per heavy atom. The molecule has 0 saturated carbocycles. The predicted octanol–water partition coefficient (Wildman–Crippen LogP) is 7.67. The molecule has 3 rings (SSSR count). The molecule has 0 amide bonds. The summed E-state index contributed by atoms with van der Waals surface area (Å²) in [6.07, 6.45) is 2.30. The van der Waals surface area contributed by atoms with Crippen molar-refractivity contribution in [2.24, 2.45) is 4.99 Å². The van der Waals surface area contributed by atoms with Crippen LogP contribution in [0, 0.1) is 6.92 Å². The second kappa shape index (κ2) is 8.42. The molecule has 0 bridgehead atoms. The number of thiocarbonyl (C=S) groups is 1. The third-order valence-corrected chi connectivity index (χ3v) is 4.84. The van der Waals surface area contributed by atoms with Crippen LogP contribution in [0.25, 0.3) is 22.3 Å². The second-order valence-corrected chi connectivity index (χ2v) is 6.94. The van der Waals surface area contributed by atoms with Gasteiger partial charge >= 0.3 is 0 Å². The largest absolute Gasteiger partial charge is 0.193 e. The average Bonchev–Trinajstić information content (AvgIpc) is 2.66. The van der Waals surface area contributed by atoms with E-state index in [0.29, 0.717) is 10.7 Å². The van der Waals surface area contributed by atoms with E-state index in [1.165, 1.54) is 23.1 Å². The maximum absolute atomic E-state index is 6.35. The molecule has 0 radical (unpaired) electrons. The summed E-state index contributed by atoms with van der Waals surface area (Å²) in [5, 5.41) is 2.98. The van der Waals surface area contributed by atoms with Crippen LogP contribution in [0.3, 0.4) is 0 Å². The van der Waals surface area contributed by atoms with Gasteiger partial charge < -0.3 is 0 Å². The van der Waals surface area contributed by atoms with E-state index < -0.39 is 0 Å². The highest BCUT2D eigenvalue weighted by molar-refractivity contribution is 7.78. The van der Waals surface area contributed by atoms with Crippen LogP contribution in [0.15, 0.2) is 65.7 Å².